The molecule has 1 atom stereocenters. The Morgan fingerprint density at radius 2 is 1.68 bits per heavy atom. The first-order valence-corrected chi connectivity index (χ1v) is 13.8. The summed E-state index contributed by atoms with van der Waals surface area (Å²) in [6.45, 7) is 0.316. The van der Waals surface area contributed by atoms with E-state index in [1.165, 1.54) is 12.1 Å². The molecule has 1 N–H and O–H groups in total. The number of rotatable bonds is 10. The highest BCUT2D eigenvalue weighted by Gasteiger charge is 2.53. The number of alkyl halides is 3. The topological polar surface area (TPSA) is 83.2 Å². The van der Waals surface area contributed by atoms with Crippen molar-refractivity contribution in [1.82, 2.24) is 10.2 Å². The van der Waals surface area contributed by atoms with E-state index in [0.717, 1.165) is 50.7 Å². The minimum atomic E-state index is -4.38. The van der Waals surface area contributed by atoms with Crippen molar-refractivity contribution in [2.75, 3.05) is 20.2 Å². The lowest BCUT2D eigenvalue weighted by Gasteiger charge is -2.56. The second-order valence-corrected chi connectivity index (χ2v) is 11.0. The van der Waals surface area contributed by atoms with Gasteiger partial charge in [0.05, 0.1) is 18.6 Å². The number of nitrogens with zero attached hydrogens (tertiary/aromatic N) is 3. The molecule has 3 aliphatic carbocycles. The van der Waals surface area contributed by atoms with Crippen LogP contribution < -0.4 is 14.8 Å². The number of fused-ring (bicyclic) bond motifs is 3. The lowest BCUT2D eigenvalue weighted by Crippen LogP contribution is -2.61. The molecule has 4 aliphatic rings. The van der Waals surface area contributed by atoms with Gasteiger partial charge in [-0.3, -0.25) is 9.59 Å². The fraction of sp³-hybridized carbons (Fsp3) is 0.467. The third-order valence-corrected chi connectivity index (χ3v) is 8.41. The number of benzene rings is 2. The first kappa shape index (κ1) is 28.6. The quantitative estimate of drug-likeness (QED) is 0.419. The summed E-state index contributed by atoms with van der Waals surface area (Å²) >= 11 is 0. The number of amides is 2. The summed E-state index contributed by atoms with van der Waals surface area (Å²) in [7, 11) is 1.82. The largest absolute Gasteiger partial charge is 0.493 e. The Labute approximate surface area is 238 Å². The van der Waals surface area contributed by atoms with Crippen molar-refractivity contribution in [1.29, 1.82) is 0 Å². The maximum atomic E-state index is 13.2. The lowest BCUT2D eigenvalue weighted by molar-refractivity contribution is -0.515. The third-order valence-electron chi connectivity index (χ3n) is 8.41. The molecule has 0 aromatic heterocycles. The molecule has 3 fully saturated rings. The Hall–Kier alpha value is -3.89. The van der Waals surface area contributed by atoms with Gasteiger partial charge in [-0.15, -0.1) is 0 Å². The number of hydrazone groups is 1. The summed E-state index contributed by atoms with van der Waals surface area (Å²) < 4.78 is 52.0. The first-order chi connectivity index (χ1) is 19.6. The fourth-order valence-electron chi connectivity index (χ4n) is 5.88. The highest BCUT2D eigenvalue weighted by molar-refractivity contribution is 5.93. The molecule has 1 heterocycles. The van der Waals surface area contributed by atoms with Gasteiger partial charge in [0, 0.05) is 14.0 Å². The van der Waals surface area contributed by atoms with E-state index in [-0.39, 0.29) is 38.4 Å². The zero-order chi connectivity index (χ0) is 29.1. The highest BCUT2D eigenvalue weighted by atomic mass is 19.4. The van der Waals surface area contributed by atoms with E-state index in [4.69, 9.17) is 9.47 Å². The van der Waals surface area contributed by atoms with E-state index in [2.05, 4.69) is 10.4 Å². The Morgan fingerprint density at radius 3 is 2.32 bits per heavy atom. The number of likely N-dealkylation sites (N-methyl/N-ethyl adjacent to an activating group) is 1. The number of nitrogens with one attached hydrogen (secondary N) is 1. The van der Waals surface area contributed by atoms with Crippen LogP contribution in [-0.2, 0) is 15.8 Å². The number of hydrogen-bond donors (Lipinski definition) is 1. The van der Waals surface area contributed by atoms with Crippen LogP contribution in [0.1, 0.15) is 51.9 Å². The Morgan fingerprint density at radius 1 is 1.02 bits per heavy atom. The molecule has 220 valence electrons. The molecule has 41 heavy (non-hydrogen) atoms. The van der Waals surface area contributed by atoms with Gasteiger partial charge in [-0.25, -0.2) is 0 Å². The predicted molar refractivity (Wildman–Crippen MR) is 148 cm³/mol. The van der Waals surface area contributed by atoms with Crippen LogP contribution in [0.25, 0.3) is 0 Å². The van der Waals surface area contributed by atoms with Gasteiger partial charge in [0.1, 0.15) is 23.3 Å². The Kier molecular flexibility index (Phi) is 8.06. The molecule has 0 saturated heterocycles. The van der Waals surface area contributed by atoms with Crippen molar-refractivity contribution in [2.45, 2.75) is 68.3 Å². The Bertz CT molecular complexity index is 1290. The predicted octanol–water partition coefficient (Wildman–Crippen LogP) is 4.67. The van der Waals surface area contributed by atoms with E-state index in [1.54, 1.807) is 17.1 Å². The second-order valence-electron chi connectivity index (χ2n) is 11.0. The average molecular weight is 574 g/mol. The van der Waals surface area contributed by atoms with Crippen molar-refractivity contribution in [2.24, 2.45) is 5.10 Å². The zero-order valence-electron chi connectivity index (χ0n) is 22.9. The van der Waals surface area contributed by atoms with E-state index in [9.17, 15) is 22.8 Å². The fourth-order valence-corrected chi connectivity index (χ4v) is 5.88. The van der Waals surface area contributed by atoms with Crippen molar-refractivity contribution in [3.8, 4) is 11.5 Å². The molecular weight excluding hydrogens is 537 g/mol. The zero-order valence-corrected chi connectivity index (χ0v) is 22.9. The van der Waals surface area contributed by atoms with Gasteiger partial charge in [0.25, 0.3) is 12.5 Å². The summed E-state index contributed by atoms with van der Waals surface area (Å²) in [5.41, 5.74) is -1.40. The minimum absolute atomic E-state index is 0. The molecule has 2 aromatic carbocycles. The molecule has 0 spiro atoms. The summed E-state index contributed by atoms with van der Waals surface area (Å²) in [6, 6.07) is 13.7. The van der Waals surface area contributed by atoms with Crippen LogP contribution in [0, 0.1) is 0 Å². The summed E-state index contributed by atoms with van der Waals surface area (Å²) in [5, 5.41) is 7.13. The van der Waals surface area contributed by atoms with E-state index in [1.807, 2.05) is 42.3 Å². The SMILES string of the molecule is CN(C(=O)C[N+]1=CC(NC(=O)CCOc2ccccc2)C=N1)C12CCC(Oc3ccc(C(F)(F)F)cc3)(CC1)CC2.[HH]. The number of halogens is 3. The van der Waals surface area contributed by atoms with Gasteiger partial charge >= 0.3 is 6.18 Å². The molecule has 3 saturated carbocycles. The lowest BCUT2D eigenvalue weighted by atomic mass is 9.62. The summed E-state index contributed by atoms with van der Waals surface area (Å²) in [4.78, 5) is 27.3. The molecule has 8 nitrogen and oxygen atoms in total. The maximum absolute atomic E-state index is 13.2. The van der Waals surface area contributed by atoms with Gasteiger partial charge in [0.2, 0.25) is 12.1 Å². The minimum Gasteiger partial charge on any atom is -0.493 e. The van der Waals surface area contributed by atoms with Gasteiger partial charge in [-0.05, 0) is 80.0 Å². The van der Waals surface area contributed by atoms with Crippen LogP contribution in [-0.4, -0.2) is 71.2 Å². The first-order valence-electron chi connectivity index (χ1n) is 13.8. The average Bonchev–Trinajstić information content (AvgIpc) is 3.40. The number of carbonyl (C=O) groups excluding carboxylic acids is 2. The van der Waals surface area contributed by atoms with Crippen LogP contribution in [0.5, 0.6) is 11.5 Å². The number of carbonyl (C=O) groups is 2. The number of hydrogen-bond acceptors (Lipinski definition) is 5. The van der Waals surface area contributed by atoms with Gasteiger partial charge < -0.3 is 19.7 Å². The highest BCUT2D eigenvalue weighted by Crippen LogP contribution is 2.51. The van der Waals surface area contributed by atoms with Gasteiger partial charge in [-0.1, -0.05) is 22.9 Å². The molecule has 2 aromatic rings. The summed E-state index contributed by atoms with van der Waals surface area (Å²) in [5.74, 6) is 0.893. The van der Waals surface area contributed by atoms with Gasteiger partial charge in [-0.2, -0.15) is 13.2 Å². The Balaban J connectivity index is 0.00000405. The van der Waals surface area contributed by atoms with Crippen molar-refractivity contribution >= 4 is 24.2 Å². The van der Waals surface area contributed by atoms with Crippen molar-refractivity contribution in [3.05, 3.63) is 60.2 Å². The normalized spacial score (nSPS) is 25.0. The second kappa shape index (κ2) is 11.5. The van der Waals surface area contributed by atoms with Gasteiger partial charge in [0.15, 0.2) is 6.04 Å². The summed E-state index contributed by atoms with van der Waals surface area (Å²) in [6.07, 6.45) is 3.56. The number of ether oxygens (including phenoxy) is 2. The molecule has 6 rings (SSSR count). The maximum Gasteiger partial charge on any atom is 0.416 e. The van der Waals surface area contributed by atoms with Crippen LogP contribution >= 0.6 is 0 Å². The van der Waals surface area contributed by atoms with Crippen LogP contribution in [0.4, 0.5) is 13.2 Å². The molecular formula is C30H36F3N4O4+. The van der Waals surface area contributed by atoms with E-state index < -0.39 is 23.4 Å². The third kappa shape index (κ3) is 6.71. The van der Waals surface area contributed by atoms with E-state index >= 15 is 0 Å². The molecule has 0 radical (unpaired) electrons. The van der Waals surface area contributed by atoms with Crippen LogP contribution in [0.3, 0.4) is 0 Å². The van der Waals surface area contributed by atoms with Crippen molar-refractivity contribution in [3.63, 3.8) is 0 Å². The molecule has 1 aliphatic heterocycles. The van der Waals surface area contributed by atoms with E-state index in [0.29, 0.717) is 11.5 Å². The molecule has 11 heteroatoms. The monoisotopic (exact) mass is 573 g/mol. The molecule has 1 unspecified atom stereocenters. The standard InChI is InChI=1S/C30H33F3N4O4.H2/c1-36(27(39)21-37-20-23(19-34-37)35-26(38)11-18-40-24-5-3-2-4-6-24)28-12-15-29(16-13-28,17-14-28)41-25-9-7-22(8-10-25)30(31,32)33;/h2-10,19-20,23H,11-18,21H2,1H3;1H/p+1. The number of para-hydroxylation sites is 1. The molecule has 2 bridgehead atoms. The van der Waals surface area contributed by atoms with Crippen LogP contribution in [0.15, 0.2) is 59.7 Å². The smallest absolute Gasteiger partial charge is 0.416 e. The van der Waals surface area contributed by atoms with Crippen LogP contribution in [0.2, 0.25) is 0 Å². The molecule has 2 amide bonds. The van der Waals surface area contributed by atoms with Crippen molar-refractivity contribution < 1.29 is 38.3 Å².